The Hall–Kier alpha value is -2.68. The number of hydrogen-bond acceptors (Lipinski definition) is 5. The zero-order chi connectivity index (χ0) is 19.6. The summed E-state index contributed by atoms with van der Waals surface area (Å²) in [6.45, 7) is 1.92. The van der Waals surface area contributed by atoms with Crippen molar-refractivity contribution in [2.75, 3.05) is 6.61 Å². The first-order valence-corrected chi connectivity index (χ1v) is 9.88. The van der Waals surface area contributed by atoms with Gasteiger partial charge in [0.25, 0.3) is 0 Å². The van der Waals surface area contributed by atoms with Gasteiger partial charge in [-0.2, -0.15) is 9.78 Å². The summed E-state index contributed by atoms with van der Waals surface area (Å²) < 4.78 is 29.0. The first-order valence-electron chi connectivity index (χ1n) is 7.95. The smallest absolute Gasteiger partial charge is 0.434 e. The molecule has 0 saturated heterocycles. The third kappa shape index (κ3) is 4.19. The fourth-order valence-corrected chi connectivity index (χ4v) is 3.15. The predicted molar refractivity (Wildman–Crippen MR) is 102 cm³/mol. The van der Waals surface area contributed by atoms with Crippen LogP contribution in [0.4, 0.5) is 4.79 Å². The van der Waals surface area contributed by atoms with Gasteiger partial charge in [0.15, 0.2) is 0 Å². The van der Waals surface area contributed by atoms with Crippen molar-refractivity contribution in [1.29, 1.82) is 0 Å². The predicted octanol–water partition coefficient (Wildman–Crippen LogP) is 3.52. The summed E-state index contributed by atoms with van der Waals surface area (Å²) in [5.74, 6) is 0. The van der Waals surface area contributed by atoms with E-state index >= 15 is 0 Å². The molecule has 0 fully saturated rings. The van der Waals surface area contributed by atoms with Gasteiger partial charge in [-0.1, -0.05) is 35.9 Å². The molecule has 0 saturated carbocycles. The Balaban J connectivity index is 2.12. The van der Waals surface area contributed by atoms with Gasteiger partial charge in [0.1, 0.15) is 5.69 Å². The summed E-state index contributed by atoms with van der Waals surface area (Å²) in [5, 5.41) is 10.0. The van der Waals surface area contributed by atoms with Gasteiger partial charge in [0.2, 0.25) is 10.0 Å². The molecule has 3 rings (SSSR count). The SMILES string of the molecule is CCOC(=O)n1cc(-c2ccc(Cl)cc2)c(-c2ccc(S(N)(=O)=O)cc2)n1. The molecule has 9 heteroatoms. The Morgan fingerprint density at radius 3 is 2.26 bits per heavy atom. The minimum atomic E-state index is -3.80. The van der Waals surface area contributed by atoms with Crippen molar-refractivity contribution in [2.45, 2.75) is 11.8 Å². The van der Waals surface area contributed by atoms with Gasteiger partial charge >= 0.3 is 6.09 Å². The standard InChI is InChI=1S/C18H16ClN3O4S/c1-2-26-18(23)22-11-16(12-3-7-14(19)8-4-12)17(21-22)13-5-9-15(10-6-13)27(20,24)25/h3-11H,2H2,1H3,(H2,20,24,25). The molecule has 0 radical (unpaired) electrons. The number of nitrogens with zero attached hydrogens (tertiary/aromatic N) is 2. The first kappa shape index (κ1) is 19.1. The summed E-state index contributed by atoms with van der Waals surface area (Å²) in [6.07, 6.45) is 0.949. The number of benzene rings is 2. The van der Waals surface area contributed by atoms with Crippen molar-refractivity contribution in [1.82, 2.24) is 9.78 Å². The second kappa shape index (κ2) is 7.51. The molecule has 0 atom stereocenters. The van der Waals surface area contributed by atoms with E-state index in [-0.39, 0.29) is 11.5 Å². The number of carbonyl (C=O) groups is 1. The van der Waals surface area contributed by atoms with E-state index in [4.69, 9.17) is 21.5 Å². The van der Waals surface area contributed by atoms with Crippen LogP contribution in [-0.4, -0.2) is 30.9 Å². The number of aromatic nitrogens is 2. The average molecular weight is 406 g/mol. The third-order valence-electron chi connectivity index (χ3n) is 3.78. The number of rotatable bonds is 4. The zero-order valence-electron chi connectivity index (χ0n) is 14.3. The lowest BCUT2D eigenvalue weighted by atomic mass is 10.0. The summed E-state index contributed by atoms with van der Waals surface area (Å²) in [4.78, 5) is 12.1. The van der Waals surface area contributed by atoms with Gasteiger partial charge in [-0.25, -0.2) is 18.4 Å². The van der Waals surface area contributed by atoms with E-state index in [0.29, 0.717) is 21.8 Å². The monoisotopic (exact) mass is 405 g/mol. The normalized spacial score (nSPS) is 11.4. The summed E-state index contributed by atoms with van der Waals surface area (Å²) in [5.41, 5.74) is 2.57. The Morgan fingerprint density at radius 1 is 1.11 bits per heavy atom. The second-order valence-corrected chi connectivity index (χ2v) is 7.61. The first-order chi connectivity index (χ1) is 12.8. The largest absolute Gasteiger partial charge is 0.448 e. The molecule has 2 aromatic carbocycles. The molecule has 0 aliphatic rings. The highest BCUT2D eigenvalue weighted by atomic mass is 35.5. The van der Waals surface area contributed by atoms with Crippen LogP contribution in [-0.2, 0) is 14.8 Å². The summed E-state index contributed by atoms with van der Waals surface area (Å²) in [6, 6.07) is 13.0. The van der Waals surface area contributed by atoms with E-state index in [0.717, 1.165) is 10.2 Å². The molecule has 7 nitrogen and oxygen atoms in total. The molecule has 0 spiro atoms. The van der Waals surface area contributed by atoms with Crippen LogP contribution >= 0.6 is 11.6 Å². The van der Waals surface area contributed by atoms with E-state index in [2.05, 4.69) is 5.10 Å². The van der Waals surface area contributed by atoms with Crippen LogP contribution in [0.15, 0.2) is 59.6 Å². The number of halogens is 1. The number of primary sulfonamides is 1. The van der Waals surface area contributed by atoms with Gasteiger partial charge < -0.3 is 4.74 Å². The highest BCUT2D eigenvalue weighted by Crippen LogP contribution is 2.32. The number of carbonyl (C=O) groups excluding carboxylic acids is 1. The van der Waals surface area contributed by atoms with E-state index in [1.54, 1.807) is 49.5 Å². The second-order valence-electron chi connectivity index (χ2n) is 5.61. The molecule has 3 aromatic rings. The maximum atomic E-state index is 12.1. The van der Waals surface area contributed by atoms with Crippen molar-refractivity contribution < 1.29 is 17.9 Å². The van der Waals surface area contributed by atoms with Crippen LogP contribution in [0.3, 0.4) is 0 Å². The van der Waals surface area contributed by atoms with Gasteiger partial charge in [-0.3, -0.25) is 0 Å². The quantitative estimate of drug-likeness (QED) is 0.715. The van der Waals surface area contributed by atoms with Crippen LogP contribution in [0.5, 0.6) is 0 Å². The Morgan fingerprint density at radius 2 is 1.70 bits per heavy atom. The van der Waals surface area contributed by atoms with Crippen LogP contribution in [0.2, 0.25) is 5.02 Å². The van der Waals surface area contributed by atoms with Crippen LogP contribution in [0.1, 0.15) is 6.92 Å². The molecule has 0 aliphatic heterocycles. The Labute approximate surface area is 161 Å². The number of ether oxygens (including phenoxy) is 1. The van der Waals surface area contributed by atoms with E-state index in [9.17, 15) is 13.2 Å². The Bertz CT molecular complexity index is 1070. The lowest BCUT2D eigenvalue weighted by Gasteiger charge is -2.04. The number of sulfonamides is 1. The van der Waals surface area contributed by atoms with Crippen LogP contribution in [0, 0.1) is 0 Å². The summed E-state index contributed by atoms with van der Waals surface area (Å²) in [7, 11) is -3.80. The fourth-order valence-electron chi connectivity index (χ4n) is 2.51. The Kier molecular flexibility index (Phi) is 5.31. The molecule has 1 heterocycles. The molecule has 0 unspecified atom stereocenters. The van der Waals surface area contributed by atoms with Crippen molar-refractivity contribution in [2.24, 2.45) is 5.14 Å². The highest BCUT2D eigenvalue weighted by Gasteiger charge is 2.18. The minimum absolute atomic E-state index is 0.0101. The molecule has 1 aromatic heterocycles. The maximum absolute atomic E-state index is 12.1. The van der Waals surface area contributed by atoms with E-state index in [1.807, 2.05) is 0 Å². The average Bonchev–Trinajstić information content (AvgIpc) is 3.07. The van der Waals surface area contributed by atoms with Gasteiger partial charge in [0, 0.05) is 22.3 Å². The summed E-state index contributed by atoms with van der Waals surface area (Å²) >= 11 is 5.95. The third-order valence-corrected chi connectivity index (χ3v) is 4.96. The fraction of sp³-hybridized carbons (Fsp3) is 0.111. The zero-order valence-corrected chi connectivity index (χ0v) is 15.9. The van der Waals surface area contributed by atoms with Crippen LogP contribution in [0.25, 0.3) is 22.4 Å². The van der Waals surface area contributed by atoms with E-state index in [1.165, 1.54) is 12.1 Å². The maximum Gasteiger partial charge on any atom is 0.434 e. The molecule has 0 amide bonds. The van der Waals surface area contributed by atoms with Crippen molar-refractivity contribution in [3.8, 4) is 22.4 Å². The molecule has 0 bridgehead atoms. The van der Waals surface area contributed by atoms with Crippen molar-refractivity contribution in [3.63, 3.8) is 0 Å². The molecular formula is C18H16ClN3O4S. The number of nitrogens with two attached hydrogens (primary N) is 1. The van der Waals surface area contributed by atoms with Gasteiger partial charge in [0.05, 0.1) is 11.5 Å². The number of hydrogen-bond donors (Lipinski definition) is 1. The molecule has 140 valence electrons. The minimum Gasteiger partial charge on any atom is -0.448 e. The molecule has 0 aliphatic carbocycles. The van der Waals surface area contributed by atoms with Crippen molar-refractivity contribution in [3.05, 3.63) is 59.8 Å². The van der Waals surface area contributed by atoms with Gasteiger partial charge in [-0.05, 0) is 36.8 Å². The molecule has 27 heavy (non-hydrogen) atoms. The van der Waals surface area contributed by atoms with Crippen LogP contribution < -0.4 is 5.14 Å². The lowest BCUT2D eigenvalue weighted by molar-refractivity contribution is 0.150. The lowest BCUT2D eigenvalue weighted by Crippen LogP contribution is -2.14. The molecule has 2 N–H and O–H groups in total. The highest BCUT2D eigenvalue weighted by molar-refractivity contribution is 7.89. The van der Waals surface area contributed by atoms with Gasteiger partial charge in [-0.15, -0.1) is 0 Å². The molecular weight excluding hydrogens is 390 g/mol. The topological polar surface area (TPSA) is 104 Å². The van der Waals surface area contributed by atoms with E-state index < -0.39 is 16.1 Å². The van der Waals surface area contributed by atoms with Crippen molar-refractivity contribution >= 4 is 27.7 Å².